The van der Waals surface area contributed by atoms with E-state index in [0.717, 1.165) is 31.9 Å². The van der Waals surface area contributed by atoms with Crippen molar-refractivity contribution in [3.8, 4) is 18.2 Å². The second-order valence-corrected chi connectivity index (χ2v) is 4.50. The van der Waals surface area contributed by atoms with Gasteiger partial charge < -0.3 is 15.5 Å². The second kappa shape index (κ2) is 6.96. The van der Waals surface area contributed by atoms with Gasteiger partial charge in [0.2, 0.25) is 0 Å². The third-order valence-corrected chi connectivity index (χ3v) is 3.18. The molecule has 0 atom stereocenters. The number of benzene rings is 1. The molecule has 1 aromatic rings. The third-order valence-electron chi connectivity index (χ3n) is 3.18. The van der Waals surface area contributed by atoms with Gasteiger partial charge in [0.05, 0.1) is 0 Å². The van der Waals surface area contributed by atoms with Crippen molar-refractivity contribution in [1.82, 2.24) is 5.32 Å². The molecule has 0 aliphatic carbocycles. The Balaban J connectivity index is 2.22. The first-order valence-electron chi connectivity index (χ1n) is 6.56. The Bertz CT molecular complexity index is 649. The van der Waals surface area contributed by atoms with E-state index in [2.05, 4.69) is 15.5 Å². The van der Waals surface area contributed by atoms with E-state index in [1.165, 1.54) is 0 Å². The van der Waals surface area contributed by atoms with Crippen LogP contribution in [0.2, 0.25) is 0 Å². The molecule has 2 rings (SSSR count). The molecule has 2 N–H and O–H groups in total. The SMILES string of the molecule is N#CC(C#N)=C(C#N)Nc1cccc(N2CCNCC2)c1. The molecule has 1 aromatic carbocycles. The molecule has 6 heteroatoms. The molecule has 0 spiro atoms. The molecular weight excluding hydrogens is 264 g/mol. The van der Waals surface area contributed by atoms with Crippen molar-refractivity contribution in [2.45, 2.75) is 0 Å². The minimum absolute atomic E-state index is 0.0301. The van der Waals surface area contributed by atoms with Gasteiger partial charge in [-0.1, -0.05) is 6.07 Å². The van der Waals surface area contributed by atoms with Crippen molar-refractivity contribution in [3.05, 3.63) is 35.5 Å². The maximum Gasteiger partial charge on any atom is 0.163 e. The fourth-order valence-electron chi connectivity index (χ4n) is 2.13. The molecule has 1 aliphatic rings. The van der Waals surface area contributed by atoms with Gasteiger partial charge in [-0.2, -0.15) is 15.8 Å². The minimum atomic E-state index is -0.218. The fraction of sp³-hybridized carbons (Fsp3) is 0.267. The number of hydrogen-bond donors (Lipinski definition) is 2. The van der Waals surface area contributed by atoms with E-state index in [-0.39, 0.29) is 11.3 Å². The summed E-state index contributed by atoms with van der Waals surface area (Å²) in [5.41, 5.74) is 1.49. The van der Waals surface area contributed by atoms with Gasteiger partial charge in [-0.15, -0.1) is 0 Å². The molecule has 0 saturated carbocycles. The van der Waals surface area contributed by atoms with Crippen molar-refractivity contribution < 1.29 is 0 Å². The summed E-state index contributed by atoms with van der Waals surface area (Å²) in [7, 11) is 0. The summed E-state index contributed by atoms with van der Waals surface area (Å²) in [6, 6.07) is 12.9. The molecular formula is C15H14N6. The van der Waals surface area contributed by atoms with Crippen molar-refractivity contribution >= 4 is 11.4 Å². The monoisotopic (exact) mass is 278 g/mol. The lowest BCUT2D eigenvalue weighted by molar-refractivity contribution is 0.589. The summed E-state index contributed by atoms with van der Waals surface area (Å²) in [6.07, 6.45) is 0. The number of nitriles is 3. The lowest BCUT2D eigenvalue weighted by Gasteiger charge is -2.29. The summed E-state index contributed by atoms with van der Waals surface area (Å²) in [4.78, 5) is 2.24. The standard InChI is InChI=1S/C15H14N6/c16-9-12(10-17)15(11-18)20-13-2-1-3-14(8-13)21-6-4-19-5-7-21/h1-3,8,19-20H,4-7H2. The summed E-state index contributed by atoms with van der Waals surface area (Å²) >= 11 is 0. The average Bonchev–Trinajstić information content (AvgIpc) is 2.56. The number of rotatable bonds is 3. The predicted octanol–water partition coefficient (Wildman–Crippen LogP) is 1.33. The Hall–Kier alpha value is -3.01. The zero-order valence-electron chi connectivity index (χ0n) is 11.4. The molecule has 0 aromatic heterocycles. The zero-order valence-corrected chi connectivity index (χ0v) is 11.4. The van der Waals surface area contributed by atoms with Crippen LogP contribution >= 0.6 is 0 Å². The van der Waals surface area contributed by atoms with E-state index in [1.54, 1.807) is 18.2 Å². The van der Waals surface area contributed by atoms with Gasteiger partial charge >= 0.3 is 0 Å². The maximum absolute atomic E-state index is 9.05. The molecule has 21 heavy (non-hydrogen) atoms. The van der Waals surface area contributed by atoms with Crippen molar-refractivity contribution in [2.75, 3.05) is 36.4 Å². The highest BCUT2D eigenvalue weighted by Gasteiger charge is 2.11. The van der Waals surface area contributed by atoms with Gasteiger partial charge in [-0.05, 0) is 18.2 Å². The second-order valence-electron chi connectivity index (χ2n) is 4.50. The molecule has 1 heterocycles. The Labute approximate surface area is 123 Å². The highest BCUT2D eigenvalue weighted by molar-refractivity contribution is 5.63. The Morgan fingerprint density at radius 3 is 2.43 bits per heavy atom. The van der Waals surface area contributed by atoms with E-state index >= 15 is 0 Å². The van der Waals surface area contributed by atoms with E-state index < -0.39 is 0 Å². The van der Waals surface area contributed by atoms with Crippen molar-refractivity contribution in [3.63, 3.8) is 0 Å². The number of hydrogen-bond acceptors (Lipinski definition) is 6. The predicted molar refractivity (Wildman–Crippen MR) is 79.0 cm³/mol. The van der Waals surface area contributed by atoms with Crippen molar-refractivity contribution in [1.29, 1.82) is 15.8 Å². The van der Waals surface area contributed by atoms with E-state index in [0.29, 0.717) is 5.69 Å². The largest absolute Gasteiger partial charge is 0.369 e. The first-order chi connectivity index (χ1) is 10.3. The summed E-state index contributed by atoms with van der Waals surface area (Å²) < 4.78 is 0. The molecule has 0 unspecified atom stereocenters. The van der Waals surface area contributed by atoms with Crippen molar-refractivity contribution in [2.24, 2.45) is 0 Å². The Morgan fingerprint density at radius 2 is 1.81 bits per heavy atom. The maximum atomic E-state index is 9.05. The number of nitrogens with zero attached hydrogens (tertiary/aromatic N) is 4. The number of nitrogens with one attached hydrogen (secondary N) is 2. The molecule has 1 aliphatic heterocycles. The van der Waals surface area contributed by atoms with Crippen LogP contribution in [0.1, 0.15) is 0 Å². The smallest absolute Gasteiger partial charge is 0.163 e. The van der Waals surface area contributed by atoms with Crippen LogP contribution in [0, 0.1) is 34.0 Å². The quantitative estimate of drug-likeness (QED) is 0.809. The molecule has 1 fully saturated rings. The average molecular weight is 278 g/mol. The molecule has 0 amide bonds. The Morgan fingerprint density at radius 1 is 1.10 bits per heavy atom. The van der Waals surface area contributed by atoms with Crippen LogP contribution in [0.15, 0.2) is 35.5 Å². The topological polar surface area (TPSA) is 98.7 Å². The minimum Gasteiger partial charge on any atom is -0.369 e. The summed E-state index contributed by atoms with van der Waals surface area (Å²) in [5.74, 6) is 0. The summed E-state index contributed by atoms with van der Waals surface area (Å²) in [6.45, 7) is 3.72. The zero-order chi connectivity index (χ0) is 15.1. The van der Waals surface area contributed by atoms with Gasteiger partial charge in [0, 0.05) is 37.6 Å². The van der Waals surface area contributed by atoms with E-state index in [9.17, 15) is 0 Å². The number of allylic oxidation sites excluding steroid dienone is 2. The van der Waals surface area contributed by atoms with Crippen LogP contribution in [0.3, 0.4) is 0 Å². The van der Waals surface area contributed by atoms with Crippen LogP contribution in [-0.4, -0.2) is 26.2 Å². The molecule has 104 valence electrons. The normalized spacial score (nSPS) is 13.5. The van der Waals surface area contributed by atoms with Crippen LogP contribution in [0.5, 0.6) is 0 Å². The molecule has 0 radical (unpaired) electrons. The number of piperazine rings is 1. The lowest BCUT2D eigenvalue weighted by atomic mass is 10.2. The molecule has 6 nitrogen and oxygen atoms in total. The van der Waals surface area contributed by atoms with Gasteiger partial charge in [0.15, 0.2) is 5.57 Å². The number of anilines is 2. The lowest BCUT2D eigenvalue weighted by Crippen LogP contribution is -2.43. The van der Waals surface area contributed by atoms with Gasteiger partial charge in [-0.25, -0.2) is 0 Å². The van der Waals surface area contributed by atoms with Crippen LogP contribution in [0.4, 0.5) is 11.4 Å². The van der Waals surface area contributed by atoms with E-state index in [4.69, 9.17) is 15.8 Å². The first kappa shape index (κ1) is 14.4. The fourth-order valence-corrected chi connectivity index (χ4v) is 2.13. The van der Waals surface area contributed by atoms with Crippen LogP contribution in [0.25, 0.3) is 0 Å². The Kier molecular flexibility index (Phi) is 4.77. The highest BCUT2D eigenvalue weighted by Crippen LogP contribution is 2.21. The molecule has 1 saturated heterocycles. The van der Waals surface area contributed by atoms with Gasteiger partial charge in [-0.3, -0.25) is 0 Å². The highest BCUT2D eigenvalue weighted by atomic mass is 15.2. The van der Waals surface area contributed by atoms with E-state index in [1.807, 2.05) is 24.3 Å². The van der Waals surface area contributed by atoms with Gasteiger partial charge in [0.1, 0.15) is 23.9 Å². The molecule has 0 bridgehead atoms. The third kappa shape index (κ3) is 3.51. The van der Waals surface area contributed by atoms with Crippen LogP contribution in [-0.2, 0) is 0 Å². The first-order valence-corrected chi connectivity index (χ1v) is 6.56. The summed E-state index contributed by atoms with van der Waals surface area (Å²) in [5, 5.41) is 32.8. The van der Waals surface area contributed by atoms with Crippen LogP contribution < -0.4 is 15.5 Å². The van der Waals surface area contributed by atoms with Gasteiger partial charge in [0.25, 0.3) is 0 Å².